The van der Waals surface area contributed by atoms with Crippen LogP contribution in [0.4, 0.5) is 18.9 Å². The minimum Gasteiger partial charge on any atom is -0.481 e. The van der Waals surface area contributed by atoms with E-state index < -0.39 is 23.8 Å². The number of ether oxygens (including phenoxy) is 1. The van der Waals surface area contributed by atoms with Gasteiger partial charge in [0.2, 0.25) is 0 Å². The highest BCUT2D eigenvalue weighted by Gasteiger charge is 2.30. The van der Waals surface area contributed by atoms with Crippen LogP contribution >= 0.6 is 0 Å². The minimum atomic E-state index is -4.46. The molecule has 0 saturated carbocycles. The number of rotatable bonds is 5. The normalized spacial score (nSPS) is 12.5. The molecule has 0 spiro atoms. The van der Waals surface area contributed by atoms with Crippen molar-refractivity contribution in [2.24, 2.45) is 0 Å². The molecule has 1 N–H and O–H groups in total. The lowest BCUT2D eigenvalue weighted by atomic mass is 10.1. The average Bonchev–Trinajstić information content (AvgIpc) is 2.54. The summed E-state index contributed by atoms with van der Waals surface area (Å²) in [6, 6.07) is 11.8. The Morgan fingerprint density at radius 1 is 1.17 bits per heavy atom. The summed E-state index contributed by atoms with van der Waals surface area (Å²) in [5.41, 5.74) is 0.218. The van der Waals surface area contributed by atoms with Crippen LogP contribution in [0.3, 0.4) is 0 Å². The van der Waals surface area contributed by atoms with Crippen molar-refractivity contribution in [1.29, 1.82) is 0 Å². The van der Waals surface area contributed by atoms with Gasteiger partial charge in [0.1, 0.15) is 5.75 Å². The van der Waals surface area contributed by atoms with Crippen LogP contribution in [0.1, 0.15) is 25.0 Å². The molecule has 0 aliphatic rings. The highest BCUT2D eigenvalue weighted by Crippen LogP contribution is 2.30. The Hall–Kier alpha value is -2.50. The number of aryl methyl sites for hydroxylation is 1. The van der Waals surface area contributed by atoms with Gasteiger partial charge >= 0.3 is 6.18 Å². The van der Waals surface area contributed by atoms with Gasteiger partial charge in [0, 0.05) is 5.69 Å². The van der Waals surface area contributed by atoms with Crippen molar-refractivity contribution in [2.45, 2.75) is 32.5 Å². The highest BCUT2D eigenvalue weighted by molar-refractivity contribution is 5.94. The monoisotopic (exact) mass is 337 g/mol. The van der Waals surface area contributed by atoms with Gasteiger partial charge < -0.3 is 10.1 Å². The summed E-state index contributed by atoms with van der Waals surface area (Å²) >= 11 is 0. The molecule has 0 aromatic heterocycles. The summed E-state index contributed by atoms with van der Waals surface area (Å²) in [4.78, 5) is 12.2. The number of carbonyl (C=O) groups excluding carboxylic acids is 1. The Balaban J connectivity index is 2.07. The molecule has 1 unspecified atom stereocenters. The summed E-state index contributed by atoms with van der Waals surface area (Å²) in [5, 5.41) is 2.45. The van der Waals surface area contributed by atoms with E-state index in [0.29, 0.717) is 5.75 Å². The van der Waals surface area contributed by atoms with E-state index in [1.807, 2.05) is 19.1 Å². The van der Waals surface area contributed by atoms with E-state index in [0.717, 1.165) is 24.1 Å². The Morgan fingerprint density at radius 2 is 1.88 bits per heavy atom. The predicted molar refractivity (Wildman–Crippen MR) is 86.0 cm³/mol. The lowest BCUT2D eigenvalue weighted by Gasteiger charge is -2.17. The average molecular weight is 337 g/mol. The molecule has 0 heterocycles. The molecule has 1 atom stereocenters. The minimum absolute atomic E-state index is 0.0778. The van der Waals surface area contributed by atoms with Gasteiger partial charge in [0.25, 0.3) is 5.91 Å². The van der Waals surface area contributed by atoms with E-state index in [4.69, 9.17) is 4.74 Å². The molecule has 128 valence electrons. The third-order valence-electron chi connectivity index (χ3n) is 3.48. The first-order chi connectivity index (χ1) is 11.3. The van der Waals surface area contributed by atoms with Crippen LogP contribution in [0.25, 0.3) is 0 Å². The molecule has 0 saturated heterocycles. The number of nitrogens with one attached hydrogen (secondary N) is 1. The summed E-state index contributed by atoms with van der Waals surface area (Å²) in [7, 11) is 0. The SMILES string of the molecule is CCc1ccccc1OC(C)C(=O)Nc1cccc(C(F)(F)F)c1. The summed E-state index contributed by atoms with van der Waals surface area (Å²) < 4.78 is 43.7. The molecular weight excluding hydrogens is 319 g/mol. The van der Waals surface area contributed by atoms with Gasteiger partial charge in [0.15, 0.2) is 6.10 Å². The molecule has 2 aromatic rings. The third-order valence-corrected chi connectivity index (χ3v) is 3.48. The smallest absolute Gasteiger partial charge is 0.416 e. The predicted octanol–water partition coefficient (Wildman–Crippen LogP) is 4.67. The first kappa shape index (κ1) is 17.8. The van der Waals surface area contributed by atoms with Crippen molar-refractivity contribution in [2.75, 3.05) is 5.32 Å². The second-order valence-corrected chi connectivity index (χ2v) is 5.29. The Kier molecular flexibility index (Phi) is 5.49. The number of alkyl halides is 3. The van der Waals surface area contributed by atoms with Gasteiger partial charge in [-0.05, 0) is 43.2 Å². The number of benzene rings is 2. The third kappa shape index (κ3) is 4.50. The van der Waals surface area contributed by atoms with Gasteiger partial charge in [-0.15, -0.1) is 0 Å². The molecule has 1 amide bonds. The molecule has 0 bridgehead atoms. The zero-order chi connectivity index (χ0) is 17.7. The number of carbonyl (C=O) groups is 1. The Bertz CT molecular complexity index is 713. The molecule has 2 aromatic carbocycles. The second-order valence-electron chi connectivity index (χ2n) is 5.29. The van der Waals surface area contributed by atoms with E-state index in [9.17, 15) is 18.0 Å². The molecular formula is C18H18F3NO2. The number of anilines is 1. The van der Waals surface area contributed by atoms with Gasteiger partial charge in [-0.3, -0.25) is 4.79 Å². The van der Waals surface area contributed by atoms with E-state index >= 15 is 0 Å². The molecule has 0 radical (unpaired) electrons. The maximum atomic E-state index is 12.7. The number of hydrogen-bond acceptors (Lipinski definition) is 2. The molecule has 6 heteroatoms. The van der Waals surface area contributed by atoms with Crippen LogP contribution in [0.2, 0.25) is 0 Å². The first-order valence-corrected chi connectivity index (χ1v) is 7.54. The van der Waals surface area contributed by atoms with Crippen molar-refractivity contribution < 1.29 is 22.7 Å². The van der Waals surface area contributed by atoms with Crippen LogP contribution in [0.15, 0.2) is 48.5 Å². The summed E-state index contributed by atoms with van der Waals surface area (Å²) in [6.07, 6.45) is -4.55. The van der Waals surface area contributed by atoms with Crippen molar-refractivity contribution in [3.63, 3.8) is 0 Å². The topological polar surface area (TPSA) is 38.3 Å². The maximum Gasteiger partial charge on any atom is 0.416 e. The largest absolute Gasteiger partial charge is 0.481 e. The zero-order valence-electron chi connectivity index (χ0n) is 13.4. The van der Waals surface area contributed by atoms with Gasteiger partial charge in [0.05, 0.1) is 5.56 Å². The van der Waals surface area contributed by atoms with E-state index in [-0.39, 0.29) is 5.69 Å². The fourth-order valence-electron chi connectivity index (χ4n) is 2.17. The quantitative estimate of drug-likeness (QED) is 0.861. The summed E-state index contributed by atoms with van der Waals surface area (Å²) in [6.45, 7) is 3.52. The lowest BCUT2D eigenvalue weighted by molar-refractivity contribution is -0.137. The van der Waals surface area contributed by atoms with Crippen molar-refractivity contribution in [3.05, 3.63) is 59.7 Å². The van der Waals surface area contributed by atoms with Crippen LogP contribution in [-0.4, -0.2) is 12.0 Å². The summed E-state index contributed by atoms with van der Waals surface area (Å²) in [5.74, 6) is 0.0759. The number of halogens is 3. The number of amides is 1. The van der Waals surface area contributed by atoms with Gasteiger partial charge in [-0.25, -0.2) is 0 Å². The number of hydrogen-bond donors (Lipinski definition) is 1. The Labute approximate surface area is 138 Å². The number of para-hydroxylation sites is 1. The molecule has 24 heavy (non-hydrogen) atoms. The molecule has 3 nitrogen and oxygen atoms in total. The van der Waals surface area contributed by atoms with Crippen molar-refractivity contribution >= 4 is 11.6 Å². The van der Waals surface area contributed by atoms with Crippen LogP contribution in [-0.2, 0) is 17.4 Å². The van der Waals surface area contributed by atoms with Crippen molar-refractivity contribution in [1.82, 2.24) is 0 Å². The lowest BCUT2D eigenvalue weighted by Crippen LogP contribution is -2.30. The molecule has 0 aliphatic carbocycles. The maximum absolute atomic E-state index is 12.7. The molecule has 0 fully saturated rings. The highest BCUT2D eigenvalue weighted by atomic mass is 19.4. The standard InChI is InChI=1S/C18H18F3NO2/c1-3-13-7-4-5-10-16(13)24-12(2)17(23)22-15-9-6-8-14(11-15)18(19,20)21/h4-12H,3H2,1-2H3,(H,22,23). The molecule has 0 aliphatic heterocycles. The fraction of sp³-hybridized carbons (Fsp3) is 0.278. The first-order valence-electron chi connectivity index (χ1n) is 7.54. The van der Waals surface area contributed by atoms with E-state index in [1.165, 1.54) is 12.1 Å². The van der Waals surface area contributed by atoms with Gasteiger partial charge in [-0.2, -0.15) is 13.2 Å². The Morgan fingerprint density at radius 3 is 2.54 bits per heavy atom. The van der Waals surface area contributed by atoms with Gasteiger partial charge in [-0.1, -0.05) is 31.2 Å². The van der Waals surface area contributed by atoms with E-state index in [1.54, 1.807) is 19.1 Å². The van der Waals surface area contributed by atoms with Crippen molar-refractivity contribution in [3.8, 4) is 5.75 Å². The van der Waals surface area contributed by atoms with E-state index in [2.05, 4.69) is 5.32 Å². The second kappa shape index (κ2) is 7.38. The van der Waals surface area contributed by atoms with Crippen LogP contribution in [0, 0.1) is 0 Å². The van der Waals surface area contributed by atoms with Crippen LogP contribution in [0.5, 0.6) is 5.75 Å². The zero-order valence-corrected chi connectivity index (χ0v) is 13.4. The fourth-order valence-corrected chi connectivity index (χ4v) is 2.17. The van der Waals surface area contributed by atoms with Crippen LogP contribution < -0.4 is 10.1 Å². The molecule has 2 rings (SSSR count).